The third kappa shape index (κ3) is 2.64. The van der Waals surface area contributed by atoms with E-state index in [1.165, 1.54) is 6.92 Å². The third-order valence-electron chi connectivity index (χ3n) is 3.50. The molecule has 6 heteroatoms. The van der Waals surface area contributed by atoms with E-state index in [0.29, 0.717) is 5.56 Å². The molecule has 2 unspecified atom stereocenters. The summed E-state index contributed by atoms with van der Waals surface area (Å²) in [5.41, 5.74) is -1.03. The number of nitrogens with one attached hydrogen (secondary N) is 2. The quantitative estimate of drug-likeness (QED) is 0.734. The number of carboxylic acids is 1. The Morgan fingerprint density at radius 1 is 1.35 bits per heavy atom. The Bertz CT molecular complexity index is 543. The van der Waals surface area contributed by atoms with Crippen molar-refractivity contribution >= 4 is 17.8 Å². The van der Waals surface area contributed by atoms with Crippen molar-refractivity contribution in [3.8, 4) is 0 Å². The van der Waals surface area contributed by atoms with Crippen LogP contribution in [-0.4, -0.2) is 29.4 Å². The number of benzene rings is 1. The maximum atomic E-state index is 12.1. The molecule has 2 rings (SSSR count). The van der Waals surface area contributed by atoms with Crippen molar-refractivity contribution in [1.82, 2.24) is 10.6 Å². The van der Waals surface area contributed by atoms with Crippen molar-refractivity contribution in [3.63, 3.8) is 0 Å². The Morgan fingerprint density at radius 2 is 2.00 bits per heavy atom. The van der Waals surface area contributed by atoms with Gasteiger partial charge in [0, 0.05) is 13.0 Å². The van der Waals surface area contributed by atoms with E-state index in [-0.39, 0.29) is 18.9 Å². The summed E-state index contributed by atoms with van der Waals surface area (Å²) in [7, 11) is 0. The molecule has 106 valence electrons. The summed E-state index contributed by atoms with van der Waals surface area (Å²) in [4.78, 5) is 34.8. The minimum absolute atomic E-state index is 0.0936. The fraction of sp³-hybridized carbons (Fsp3) is 0.357. The lowest BCUT2D eigenvalue weighted by atomic mass is 9.91. The van der Waals surface area contributed by atoms with Gasteiger partial charge in [0.25, 0.3) is 0 Å². The second kappa shape index (κ2) is 5.32. The Labute approximate surface area is 116 Å². The van der Waals surface area contributed by atoms with Gasteiger partial charge in [-0.25, -0.2) is 4.79 Å². The zero-order valence-corrected chi connectivity index (χ0v) is 11.1. The highest BCUT2D eigenvalue weighted by Gasteiger charge is 2.39. The van der Waals surface area contributed by atoms with Gasteiger partial charge in [0.2, 0.25) is 11.8 Å². The summed E-state index contributed by atoms with van der Waals surface area (Å²) < 4.78 is 0. The van der Waals surface area contributed by atoms with E-state index in [0.717, 1.165) is 0 Å². The number of carbonyl (C=O) groups excluding carboxylic acids is 2. The lowest BCUT2D eigenvalue weighted by Gasteiger charge is -2.28. The first-order valence-electron chi connectivity index (χ1n) is 6.31. The zero-order chi connectivity index (χ0) is 14.8. The first-order valence-corrected chi connectivity index (χ1v) is 6.31. The molecule has 0 saturated carbocycles. The predicted molar refractivity (Wildman–Crippen MR) is 70.7 cm³/mol. The number of carbonyl (C=O) groups is 3. The van der Waals surface area contributed by atoms with Gasteiger partial charge < -0.3 is 15.7 Å². The second-order valence-corrected chi connectivity index (χ2v) is 4.99. The molecule has 0 aromatic heterocycles. The van der Waals surface area contributed by atoms with Gasteiger partial charge in [0.05, 0.1) is 5.92 Å². The van der Waals surface area contributed by atoms with Crippen LogP contribution in [0.15, 0.2) is 30.3 Å². The minimum Gasteiger partial charge on any atom is -0.479 e. The van der Waals surface area contributed by atoms with Crippen LogP contribution < -0.4 is 10.6 Å². The van der Waals surface area contributed by atoms with E-state index in [2.05, 4.69) is 10.6 Å². The summed E-state index contributed by atoms with van der Waals surface area (Å²) >= 11 is 0. The third-order valence-corrected chi connectivity index (χ3v) is 3.50. The number of carboxylic acid groups (broad SMARTS) is 1. The maximum Gasteiger partial charge on any atom is 0.333 e. The zero-order valence-electron chi connectivity index (χ0n) is 11.1. The number of hydrogen-bond acceptors (Lipinski definition) is 3. The van der Waals surface area contributed by atoms with Gasteiger partial charge >= 0.3 is 5.97 Å². The van der Waals surface area contributed by atoms with Gasteiger partial charge in [-0.2, -0.15) is 0 Å². The molecule has 3 N–H and O–H groups in total. The largest absolute Gasteiger partial charge is 0.479 e. The van der Waals surface area contributed by atoms with Crippen molar-refractivity contribution in [2.75, 3.05) is 6.54 Å². The van der Waals surface area contributed by atoms with Crippen molar-refractivity contribution in [3.05, 3.63) is 35.9 Å². The standard InChI is InChI=1S/C14H16N2O4/c1-14(13(19)20,10-5-3-2-4-6-10)16-12(18)9-7-11(17)15-8-9/h2-6,9H,7-8H2,1H3,(H,15,17)(H,16,18)(H,19,20). The summed E-state index contributed by atoms with van der Waals surface area (Å²) in [5, 5.41) is 14.5. The van der Waals surface area contributed by atoms with E-state index in [9.17, 15) is 19.5 Å². The molecule has 0 aliphatic carbocycles. The number of amides is 2. The lowest BCUT2D eigenvalue weighted by Crippen LogP contribution is -2.51. The highest BCUT2D eigenvalue weighted by Crippen LogP contribution is 2.22. The Hall–Kier alpha value is -2.37. The molecule has 6 nitrogen and oxygen atoms in total. The molecule has 0 bridgehead atoms. The number of rotatable bonds is 4. The molecule has 1 aliphatic rings. The molecule has 1 saturated heterocycles. The van der Waals surface area contributed by atoms with Crippen LogP contribution in [0.4, 0.5) is 0 Å². The molecule has 2 atom stereocenters. The van der Waals surface area contributed by atoms with Crippen LogP contribution in [0, 0.1) is 5.92 Å². The van der Waals surface area contributed by atoms with Crippen molar-refractivity contribution in [2.45, 2.75) is 18.9 Å². The van der Waals surface area contributed by atoms with E-state index in [4.69, 9.17) is 0 Å². The fourth-order valence-electron chi connectivity index (χ4n) is 2.16. The predicted octanol–water partition coefficient (Wildman–Crippen LogP) is 0.239. The first-order chi connectivity index (χ1) is 9.43. The van der Waals surface area contributed by atoms with Crippen LogP contribution in [0.1, 0.15) is 18.9 Å². The average molecular weight is 276 g/mol. The molecular weight excluding hydrogens is 260 g/mol. The fourth-order valence-corrected chi connectivity index (χ4v) is 2.16. The molecular formula is C14H16N2O4. The first kappa shape index (κ1) is 14.0. The smallest absolute Gasteiger partial charge is 0.333 e. The summed E-state index contributed by atoms with van der Waals surface area (Å²) in [6.45, 7) is 1.68. The Balaban J connectivity index is 2.20. The molecule has 1 aromatic rings. The topological polar surface area (TPSA) is 95.5 Å². The van der Waals surface area contributed by atoms with Gasteiger partial charge in [0.15, 0.2) is 5.54 Å². The normalized spacial score (nSPS) is 20.9. The monoisotopic (exact) mass is 276 g/mol. The molecule has 1 fully saturated rings. The van der Waals surface area contributed by atoms with Crippen LogP contribution >= 0.6 is 0 Å². The lowest BCUT2D eigenvalue weighted by molar-refractivity contribution is -0.148. The number of aliphatic carboxylic acids is 1. The second-order valence-electron chi connectivity index (χ2n) is 4.99. The van der Waals surface area contributed by atoms with Crippen LogP contribution in [0.3, 0.4) is 0 Å². The van der Waals surface area contributed by atoms with Crippen molar-refractivity contribution in [2.24, 2.45) is 5.92 Å². The Kier molecular flexibility index (Phi) is 3.74. The SMILES string of the molecule is CC(NC(=O)C1CNC(=O)C1)(C(=O)O)c1ccccc1. The Morgan fingerprint density at radius 3 is 2.50 bits per heavy atom. The summed E-state index contributed by atoms with van der Waals surface area (Å²) in [6, 6.07) is 8.48. The van der Waals surface area contributed by atoms with E-state index in [1.807, 2.05) is 0 Å². The van der Waals surface area contributed by atoms with Crippen molar-refractivity contribution in [1.29, 1.82) is 0 Å². The molecule has 1 aliphatic heterocycles. The van der Waals surface area contributed by atoms with Gasteiger partial charge in [-0.3, -0.25) is 9.59 Å². The highest BCUT2D eigenvalue weighted by molar-refractivity contribution is 5.93. The molecule has 0 spiro atoms. The highest BCUT2D eigenvalue weighted by atomic mass is 16.4. The van der Waals surface area contributed by atoms with E-state index >= 15 is 0 Å². The van der Waals surface area contributed by atoms with Gasteiger partial charge in [0.1, 0.15) is 0 Å². The molecule has 20 heavy (non-hydrogen) atoms. The van der Waals surface area contributed by atoms with Crippen molar-refractivity contribution < 1.29 is 19.5 Å². The summed E-state index contributed by atoms with van der Waals surface area (Å²) in [5.74, 6) is -2.29. The van der Waals surface area contributed by atoms with Gasteiger partial charge in [-0.15, -0.1) is 0 Å². The minimum atomic E-state index is -1.51. The van der Waals surface area contributed by atoms with Crippen LogP contribution in [0.5, 0.6) is 0 Å². The average Bonchev–Trinajstić information content (AvgIpc) is 2.86. The maximum absolute atomic E-state index is 12.1. The number of hydrogen-bond donors (Lipinski definition) is 3. The summed E-state index contributed by atoms with van der Waals surface area (Å²) in [6.07, 6.45) is 0.0936. The van der Waals surface area contributed by atoms with Crippen LogP contribution in [-0.2, 0) is 19.9 Å². The van der Waals surface area contributed by atoms with Crippen LogP contribution in [0.25, 0.3) is 0 Å². The van der Waals surface area contributed by atoms with Crippen LogP contribution in [0.2, 0.25) is 0 Å². The molecule has 1 aromatic carbocycles. The molecule has 2 amide bonds. The van der Waals surface area contributed by atoms with Gasteiger partial charge in [-0.1, -0.05) is 30.3 Å². The van der Waals surface area contributed by atoms with Gasteiger partial charge in [-0.05, 0) is 12.5 Å². The molecule has 0 radical (unpaired) electrons. The molecule has 1 heterocycles. The van der Waals surface area contributed by atoms with E-state index in [1.54, 1.807) is 30.3 Å². The van der Waals surface area contributed by atoms with E-state index < -0.39 is 23.3 Å².